The topological polar surface area (TPSA) is 286 Å². The van der Waals surface area contributed by atoms with Gasteiger partial charge in [0.15, 0.2) is 18.9 Å². The van der Waals surface area contributed by atoms with E-state index in [0.717, 1.165) is 13.8 Å². The van der Waals surface area contributed by atoms with Gasteiger partial charge in [-0.2, -0.15) is 0 Å². The van der Waals surface area contributed by atoms with Gasteiger partial charge in [-0.15, -0.1) is 0 Å². The van der Waals surface area contributed by atoms with Crippen LogP contribution in [0.2, 0.25) is 0 Å². The molecule has 0 spiro atoms. The van der Waals surface area contributed by atoms with E-state index in [1.807, 2.05) is 0 Å². The molecule has 3 fully saturated rings. The Labute approximate surface area is 228 Å². The molecule has 1 unspecified atom stereocenters. The summed E-state index contributed by atoms with van der Waals surface area (Å²) in [6, 6.07) is -2.84. The fourth-order valence-electron chi connectivity index (χ4n) is 4.86. The Hall–Kier alpha value is -1.62. The van der Waals surface area contributed by atoms with Gasteiger partial charge in [0.05, 0.1) is 19.8 Å². The van der Waals surface area contributed by atoms with Crippen LogP contribution in [0.4, 0.5) is 0 Å². The highest BCUT2D eigenvalue weighted by atomic mass is 16.7. The van der Waals surface area contributed by atoms with Crippen LogP contribution < -0.4 is 10.6 Å². The molecular weight excluding hydrogens is 548 g/mol. The van der Waals surface area contributed by atoms with Crippen LogP contribution in [0.15, 0.2) is 0 Å². The lowest BCUT2D eigenvalue weighted by atomic mass is 9.94. The molecule has 0 aromatic heterocycles. The molecule has 0 saturated carbocycles. The smallest absolute Gasteiger partial charge is 0.217 e. The molecule has 15 atom stereocenters. The van der Waals surface area contributed by atoms with Crippen molar-refractivity contribution >= 4 is 11.8 Å². The number of rotatable bonds is 9. The van der Waals surface area contributed by atoms with E-state index in [0.29, 0.717) is 0 Å². The van der Waals surface area contributed by atoms with Gasteiger partial charge >= 0.3 is 0 Å². The van der Waals surface area contributed by atoms with Crippen LogP contribution in [0.1, 0.15) is 13.8 Å². The summed E-state index contributed by atoms with van der Waals surface area (Å²) < 4.78 is 27.5. The van der Waals surface area contributed by atoms with Gasteiger partial charge in [-0.3, -0.25) is 9.59 Å². The minimum absolute atomic E-state index is 0.631. The summed E-state index contributed by atoms with van der Waals surface area (Å²) >= 11 is 0. The number of hydrogen-bond donors (Lipinski definition) is 11. The number of carbonyl (C=O) groups is 2. The molecule has 232 valence electrons. The predicted octanol–water partition coefficient (Wildman–Crippen LogP) is -7.29. The first-order chi connectivity index (χ1) is 18.8. The molecular formula is C22H38N2O16. The van der Waals surface area contributed by atoms with E-state index in [1.54, 1.807) is 0 Å². The van der Waals surface area contributed by atoms with E-state index in [2.05, 4.69) is 10.6 Å². The highest BCUT2D eigenvalue weighted by molar-refractivity contribution is 5.73. The van der Waals surface area contributed by atoms with Crippen LogP contribution in [0, 0.1) is 0 Å². The third kappa shape index (κ3) is 7.05. The first kappa shape index (κ1) is 32.9. The van der Waals surface area contributed by atoms with Crippen molar-refractivity contribution < 1.29 is 79.2 Å². The third-order valence-corrected chi connectivity index (χ3v) is 6.90. The van der Waals surface area contributed by atoms with Gasteiger partial charge in [0.2, 0.25) is 11.8 Å². The molecule has 0 aromatic rings. The fraction of sp³-hybridized carbons (Fsp3) is 0.909. The van der Waals surface area contributed by atoms with Crippen molar-refractivity contribution in [3.05, 3.63) is 0 Å². The highest BCUT2D eigenvalue weighted by Gasteiger charge is 2.54. The number of ether oxygens (including phenoxy) is 5. The van der Waals surface area contributed by atoms with Crippen molar-refractivity contribution in [1.29, 1.82) is 0 Å². The maximum atomic E-state index is 11.7. The van der Waals surface area contributed by atoms with Crippen molar-refractivity contribution in [2.24, 2.45) is 0 Å². The van der Waals surface area contributed by atoms with Gasteiger partial charge in [-0.25, -0.2) is 0 Å². The minimum Gasteiger partial charge on any atom is -0.394 e. The summed E-state index contributed by atoms with van der Waals surface area (Å²) in [5.41, 5.74) is 0. The first-order valence-electron chi connectivity index (χ1n) is 12.6. The second-order valence-corrected chi connectivity index (χ2v) is 9.81. The monoisotopic (exact) mass is 586 g/mol. The van der Waals surface area contributed by atoms with Crippen molar-refractivity contribution in [3.8, 4) is 0 Å². The molecule has 40 heavy (non-hydrogen) atoms. The molecule has 0 bridgehead atoms. The van der Waals surface area contributed by atoms with Gasteiger partial charge in [0.1, 0.15) is 73.1 Å². The summed E-state index contributed by atoms with van der Waals surface area (Å²) in [5, 5.41) is 97.2. The number of aliphatic hydroxyl groups is 9. The molecule has 0 radical (unpaired) electrons. The molecule has 3 aliphatic rings. The van der Waals surface area contributed by atoms with Gasteiger partial charge in [-0.1, -0.05) is 0 Å². The Morgan fingerprint density at radius 3 is 1.65 bits per heavy atom. The average Bonchev–Trinajstić information content (AvgIpc) is 2.90. The largest absolute Gasteiger partial charge is 0.394 e. The zero-order valence-corrected chi connectivity index (χ0v) is 21.7. The molecule has 2 amide bonds. The zero-order valence-electron chi connectivity index (χ0n) is 21.7. The lowest BCUT2D eigenvalue weighted by Gasteiger charge is -2.48. The van der Waals surface area contributed by atoms with Crippen molar-refractivity contribution in [3.63, 3.8) is 0 Å². The Balaban J connectivity index is 1.85. The Morgan fingerprint density at radius 1 is 0.600 bits per heavy atom. The molecule has 3 rings (SSSR count). The fourth-order valence-corrected chi connectivity index (χ4v) is 4.86. The molecule has 3 aliphatic heterocycles. The molecule has 11 N–H and O–H groups in total. The molecule has 3 saturated heterocycles. The van der Waals surface area contributed by atoms with E-state index in [-0.39, 0.29) is 0 Å². The number of hydrogen-bond acceptors (Lipinski definition) is 16. The van der Waals surface area contributed by atoms with Gasteiger partial charge in [0.25, 0.3) is 0 Å². The summed E-state index contributed by atoms with van der Waals surface area (Å²) in [6.45, 7) is -0.140. The average molecular weight is 587 g/mol. The second kappa shape index (κ2) is 14.0. The van der Waals surface area contributed by atoms with E-state index in [1.165, 1.54) is 0 Å². The van der Waals surface area contributed by atoms with E-state index < -0.39 is 124 Å². The Kier molecular flexibility index (Phi) is 11.5. The van der Waals surface area contributed by atoms with E-state index in [4.69, 9.17) is 23.7 Å². The quantitative estimate of drug-likeness (QED) is 0.120. The lowest BCUT2D eigenvalue weighted by molar-refractivity contribution is -0.367. The zero-order chi connectivity index (χ0) is 29.9. The van der Waals surface area contributed by atoms with Gasteiger partial charge in [-0.05, 0) is 0 Å². The highest BCUT2D eigenvalue weighted by Crippen LogP contribution is 2.32. The second-order valence-electron chi connectivity index (χ2n) is 9.81. The SMILES string of the molecule is CC(=O)N[C@H]1[C@H](O[C@H]2[C@@H](O)[C@@H](CO)O[C@@H](O[C@H]3[C@H](O)[C@@H](NC(C)=O)C(O)O[C@@H]3CO)[C@@H]2O)O[C@H](CO)[C@H](O)[C@@H]1O. The minimum atomic E-state index is -1.92. The van der Waals surface area contributed by atoms with E-state index in [9.17, 15) is 55.5 Å². The maximum absolute atomic E-state index is 11.7. The van der Waals surface area contributed by atoms with Crippen molar-refractivity contribution in [2.45, 2.75) is 106 Å². The van der Waals surface area contributed by atoms with E-state index >= 15 is 0 Å². The van der Waals surface area contributed by atoms with Gasteiger partial charge < -0.3 is 80.3 Å². The molecule has 18 heteroatoms. The van der Waals surface area contributed by atoms with Crippen LogP contribution >= 0.6 is 0 Å². The van der Waals surface area contributed by atoms with Crippen LogP contribution in [-0.4, -0.2) is 170 Å². The maximum Gasteiger partial charge on any atom is 0.217 e. The summed E-state index contributed by atoms with van der Waals surface area (Å²) in [7, 11) is 0. The normalized spacial score (nSPS) is 46.0. The van der Waals surface area contributed by atoms with Crippen LogP contribution in [0.3, 0.4) is 0 Å². The van der Waals surface area contributed by atoms with Crippen molar-refractivity contribution in [2.75, 3.05) is 19.8 Å². The van der Waals surface area contributed by atoms with Crippen molar-refractivity contribution in [1.82, 2.24) is 10.6 Å². The number of carbonyl (C=O) groups excluding carboxylic acids is 2. The summed E-state index contributed by atoms with van der Waals surface area (Å²) in [4.78, 5) is 23.3. The Morgan fingerprint density at radius 2 is 1.10 bits per heavy atom. The molecule has 3 heterocycles. The summed E-state index contributed by atoms with van der Waals surface area (Å²) in [5.74, 6) is -1.29. The standard InChI is InChI=1S/C22H38N2O16/c1-6(28)23-11-16(33)18(10(5-27)36-20(11)35)39-22-17(34)19(14(31)9(4-26)38-22)40-21-12(24-7(2)29)15(32)13(30)8(3-25)37-21/h8-22,25-27,30-35H,3-5H2,1-2H3,(H,23,28)(H,24,29)/t8-,9-,10-,11-,12-,13+,14+,15-,16-,17-,18-,19+,20?,21+,22+/m1/s1. The summed E-state index contributed by atoms with van der Waals surface area (Å²) in [6.07, 6.45) is -21.4. The predicted molar refractivity (Wildman–Crippen MR) is 124 cm³/mol. The third-order valence-electron chi connectivity index (χ3n) is 6.90. The molecule has 0 aliphatic carbocycles. The van der Waals surface area contributed by atoms with Gasteiger partial charge in [0, 0.05) is 13.8 Å². The first-order valence-corrected chi connectivity index (χ1v) is 12.6. The van der Waals surface area contributed by atoms with Crippen LogP contribution in [0.5, 0.6) is 0 Å². The number of nitrogens with one attached hydrogen (secondary N) is 2. The number of amides is 2. The Bertz CT molecular complexity index is 854. The number of aliphatic hydroxyl groups excluding tert-OH is 9. The lowest BCUT2D eigenvalue weighted by Crippen LogP contribution is -2.69. The molecule has 18 nitrogen and oxygen atoms in total. The van der Waals surface area contributed by atoms with Crippen LogP contribution in [0.25, 0.3) is 0 Å². The van der Waals surface area contributed by atoms with Crippen LogP contribution in [-0.2, 0) is 33.3 Å². The molecule has 0 aromatic carbocycles.